The van der Waals surface area contributed by atoms with Gasteiger partial charge in [-0.15, -0.1) is 11.3 Å². The summed E-state index contributed by atoms with van der Waals surface area (Å²) in [7, 11) is 1.65. The minimum absolute atomic E-state index is 0.0216. The quantitative estimate of drug-likeness (QED) is 0.459. The predicted octanol–water partition coefficient (Wildman–Crippen LogP) is 4.39. The molecule has 0 fully saturated rings. The van der Waals surface area contributed by atoms with Crippen molar-refractivity contribution in [1.82, 2.24) is 4.57 Å². The molecule has 32 heavy (non-hydrogen) atoms. The van der Waals surface area contributed by atoms with Crippen LogP contribution in [0.1, 0.15) is 34.0 Å². The van der Waals surface area contributed by atoms with Gasteiger partial charge in [-0.3, -0.25) is 9.36 Å². The number of benzene rings is 2. The second-order valence-corrected chi connectivity index (χ2v) is 9.89. The van der Waals surface area contributed by atoms with Crippen LogP contribution in [0, 0.1) is 0 Å². The fraction of sp³-hybridized carbons (Fsp3) is 0.154. The van der Waals surface area contributed by atoms with Gasteiger partial charge < -0.3 is 4.74 Å². The number of hydrogen-bond donors (Lipinski definition) is 0. The highest BCUT2D eigenvalue weighted by Crippen LogP contribution is 2.42. The lowest BCUT2D eigenvalue weighted by Crippen LogP contribution is -2.38. The molecule has 0 spiro atoms. The summed E-state index contributed by atoms with van der Waals surface area (Å²) in [6.45, 7) is 0. The number of thiophene rings is 1. The minimum Gasteiger partial charge on any atom is -0.497 e. The third kappa shape index (κ3) is 3.10. The molecule has 4 nitrogen and oxygen atoms in total. The van der Waals surface area contributed by atoms with Crippen LogP contribution < -0.4 is 19.6 Å². The van der Waals surface area contributed by atoms with Crippen LogP contribution in [-0.2, 0) is 6.42 Å². The lowest BCUT2D eigenvalue weighted by atomic mass is 9.85. The van der Waals surface area contributed by atoms with Gasteiger partial charge in [0.25, 0.3) is 5.56 Å². The van der Waals surface area contributed by atoms with Crippen molar-refractivity contribution in [2.75, 3.05) is 7.11 Å². The van der Waals surface area contributed by atoms with E-state index in [1.54, 1.807) is 18.4 Å². The Balaban J connectivity index is 1.58. The molecule has 2 aromatic heterocycles. The normalized spacial score (nSPS) is 17.4. The van der Waals surface area contributed by atoms with Crippen molar-refractivity contribution < 1.29 is 4.74 Å². The van der Waals surface area contributed by atoms with Crippen molar-refractivity contribution in [1.29, 1.82) is 0 Å². The Hall–Kier alpha value is -3.22. The summed E-state index contributed by atoms with van der Waals surface area (Å²) >= 11 is 3.17. The van der Waals surface area contributed by atoms with Crippen LogP contribution >= 0.6 is 22.7 Å². The first-order valence-corrected chi connectivity index (χ1v) is 12.2. The summed E-state index contributed by atoms with van der Waals surface area (Å²) in [5.74, 6) is 0.799. The second-order valence-electron chi connectivity index (χ2n) is 7.90. The first kappa shape index (κ1) is 19.5. The molecule has 4 aromatic rings. The number of allylic oxidation sites excluding steroid dienone is 1. The highest BCUT2D eigenvalue weighted by Gasteiger charge is 2.32. The molecule has 2 aromatic carbocycles. The van der Waals surface area contributed by atoms with Gasteiger partial charge in [0.1, 0.15) is 5.75 Å². The summed E-state index contributed by atoms with van der Waals surface area (Å²) < 4.78 is 7.85. The van der Waals surface area contributed by atoms with Gasteiger partial charge in [-0.05, 0) is 59.2 Å². The fourth-order valence-electron chi connectivity index (χ4n) is 4.57. The maximum Gasteiger partial charge on any atom is 0.271 e. The van der Waals surface area contributed by atoms with E-state index in [9.17, 15) is 4.79 Å². The molecule has 0 unspecified atom stereocenters. The van der Waals surface area contributed by atoms with Gasteiger partial charge >= 0.3 is 0 Å². The van der Waals surface area contributed by atoms with Crippen molar-refractivity contribution in [2.45, 2.75) is 18.9 Å². The lowest BCUT2D eigenvalue weighted by Gasteiger charge is -2.30. The molecule has 0 radical (unpaired) electrons. The van der Waals surface area contributed by atoms with E-state index >= 15 is 0 Å². The van der Waals surface area contributed by atoms with E-state index < -0.39 is 0 Å². The Morgan fingerprint density at radius 1 is 1.06 bits per heavy atom. The number of rotatable bonds is 3. The summed E-state index contributed by atoms with van der Waals surface area (Å²) in [6, 6.07) is 20.4. The maximum atomic E-state index is 13.6. The first-order valence-electron chi connectivity index (χ1n) is 10.5. The standard InChI is InChI=1S/C26H20N2O2S2/c1-30-18-11-8-16(9-12-18)15-22-25(29)28-24(21-7-4-14-31-21)20-13-10-17-5-2-3-6-19(17)23(20)27-26(28)32-22/h2-9,11-12,14-15,24H,10,13H2,1H3/b22-15+/t24-/m1/s1. The predicted molar refractivity (Wildman–Crippen MR) is 130 cm³/mol. The van der Waals surface area contributed by atoms with Crippen LogP contribution in [-0.4, -0.2) is 11.7 Å². The average molecular weight is 457 g/mol. The summed E-state index contributed by atoms with van der Waals surface area (Å²) in [4.78, 5) is 20.6. The van der Waals surface area contributed by atoms with E-state index in [1.165, 1.54) is 32.9 Å². The molecule has 6 heteroatoms. The second kappa shape index (κ2) is 7.73. The highest BCUT2D eigenvalue weighted by molar-refractivity contribution is 7.10. The van der Waals surface area contributed by atoms with Crippen LogP contribution in [0.2, 0.25) is 0 Å². The van der Waals surface area contributed by atoms with E-state index in [0.29, 0.717) is 4.53 Å². The molecule has 2 aliphatic rings. The summed E-state index contributed by atoms with van der Waals surface area (Å²) in [5, 5.41) is 2.08. The molecule has 1 aliphatic carbocycles. The Labute approximate surface area is 193 Å². The Bertz CT molecular complexity index is 1520. The molecule has 1 aliphatic heterocycles. The molecule has 0 N–H and O–H groups in total. The number of fused-ring (bicyclic) bond motifs is 3. The number of thiazole rings is 1. The Morgan fingerprint density at radius 2 is 1.91 bits per heavy atom. The van der Waals surface area contributed by atoms with E-state index in [2.05, 4.69) is 41.8 Å². The van der Waals surface area contributed by atoms with Crippen LogP contribution in [0.25, 0.3) is 11.8 Å². The number of aromatic nitrogens is 1. The monoisotopic (exact) mass is 456 g/mol. The average Bonchev–Trinajstić information content (AvgIpc) is 3.47. The minimum atomic E-state index is -0.0902. The van der Waals surface area contributed by atoms with Crippen molar-refractivity contribution in [2.24, 2.45) is 4.99 Å². The number of hydrogen-bond acceptors (Lipinski definition) is 5. The van der Waals surface area contributed by atoms with E-state index in [-0.39, 0.29) is 11.6 Å². The lowest BCUT2D eigenvalue weighted by molar-refractivity contribution is 0.415. The molecular weight excluding hydrogens is 436 g/mol. The first-order chi connectivity index (χ1) is 15.7. The SMILES string of the molecule is COc1ccc(/C=c2/sc3n(c2=O)[C@@H](c2cccs2)C2=C(N=3)c3ccccc3CC2)cc1. The molecule has 0 amide bonds. The Kier molecular flexibility index (Phi) is 4.70. The largest absolute Gasteiger partial charge is 0.497 e. The number of aryl methyl sites for hydroxylation is 1. The summed E-state index contributed by atoms with van der Waals surface area (Å²) in [6.07, 6.45) is 3.84. The third-order valence-electron chi connectivity index (χ3n) is 6.10. The highest BCUT2D eigenvalue weighted by atomic mass is 32.1. The molecule has 3 heterocycles. The molecule has 158 valence electrons. The van der Waals surface area contributed by atoms with Crippen LogP contribution in [0.3, 0.4) is 0 Å². The smallest absolute Gasteiger partial charge is 0.271 e. The molecule has 0 saturated heterocycles. The van der Waals surface area contributed by atoms with Gasteiger partial charge in [0, 0.05) is 10.4 Å². The number of nitrogens with zero attached hydrogens (tertiary/aromatic N) is 2. The van der Waals surface area contributed by atoms with Crippen molar-refractivity contribution in [3.63, 3.8) is 0 Å². The zero-order valence-electron chi connectivity index (χ0n) is 17.4. The summed E-state index contributed by atoms with van der Waals surface area (Å²) in [5.41, 5.74) is 5.81. The van der Waals surface area contributed by atoms with E-state index in [4.69, 9.17) is 9.73 Å². The van der Waals surface area contributed by atoms with Crippen LogP contribution in [0.15, 0.2) is 81.4 Å². The number of ether oxygens (including phenoxy) is 1. The van der Waals surface area contributed by atoms with Crippen LogP contribution in [0.5, 0.6) is 5.75 Å². The van der Waals surface area contributed by atoms with Gasteiger partial charge in [0.15, 0.2) is 4.80 Å². The van der Waals surface area contributed by atoms with Crippen molar-refractivity contribution >= 4 is 34.4 Å². The van der Waals surface area contributed by atoms with E-state index in [0.717, 1.165) is 34.7 Å². The third-order valence-corrected chi connectivity index (χ3v) is 8.01. The van der Waals surface area contributed by atoms with Crippen molar-refractivity contribution in [3.05, 3.63) is 113 Å². The fourth-order valence-corrected chi connectivity index (χ4v) is 6.42. The van der Waals surface area contributed by atoms with Crippen molar-refractivity contribution in [3.8, 4) is 5.75 Å². The zero-order chi connectivity index (χ0) is 21.7. The Morgan fingerprint density at radius 3 is 2.69 bits per heavy atom. The van der Waals surface area contributed by atoms with Gasteiger partial charge in [0.2, 0.25) is 0 Å². The van der Waals surface area contributed by atoms with Gasteiger partial charge in [-0.25, -0.2) is 4.99 Å². The topological polar surface area (TPSA) is 43.6 Å². The molecule has 0 saturated carbocycles. The molecular formula is C26H20N2O2S2. The molecule has 1 atom stereocenters. The maximum absolute atomic E-state index is 13.6. The molecule has 6 rings (SSSR count). The van der Waals surface area contributed by atoms with E-state index in [1.807, 2.05) is 34.9 Å². The number of methoxy groups -OCH3 is 1. The van der Waals surface area contributed by atoms with Gasteiger partial charge in [-0.2, -0.15) is 0 Å². The van der Waals surface area contributed by atoms with Gasteiger partial charge in [-0.1, -0.05) is 53.8 Å². The van der Waals surface area contributed by atoms with Crippen LogP contribution in [0.4, 0.5) is 0 Å². The molecule has 0 bridgehead atoms. The van der Waals surface area contributed by atoms with Gasteiger partial charge in [0.05, 0.1) is 23.4 Å². The zero-order valence-corrected chi connectivity index (χ0v) is 19.1.